The van der Waals surface area contributed by atoms with Gasteiger partial charge in [-0.15, -0.1) is 0 Å². The third-order valence-electron chi connectivity index (χ3n) is 3.12. The largest absolute Gasteiger partial charge is 0.483 e. The molecular weight excluding hydrogens is 407 g/mol. The number of nitrogens with zero attached hydrogens (tertiary/aromatic N) is 3. The van der Waals surface area contributed by atoms with E-state index < -0.39 is 0 Å². The Morgan fingerprint density at radius 2 is 2.04 bits per heavy atom. The Morgan fingerprint density at radius 3 is 2.68 bits per heavy atom. The van der Waals surface area contributed by atoms with E-state index in [0.29, 0.717) is 42.9 Å². The van der Waals surface area contributed by atoms with E-state index >= 15 is 0 Å². The summed E-state index contributed by atoms with van der Waals surface area (Å²) in [7, 11) is 0. The number of nitrogens with one attached hydrogen (secondary N) is 1. The summed E-state index contributed by atoms with van der Waals surface area (Å²) in [6.07, 6.45) is 1.53. The van der Waals surface area contributed by atoms with Gasteiger partial charge in [0.05, 0.1) is 16.3 Å². The normalized spacial score (nSPS) is 11.4. The van der Waals surface area contributed by atoms with Crippen molar-refractivity contribution in [3.05, 3.63) is 61.4 Å². The van der Waals surface area contributed by atoms with Crippen molar-refractivity contribution in [3.8, 4) is 5.75 Å². The van der Waals surface area contributed by atoms with Crippen LogP contribution in [0.25, 0.3) is 0 Å². The Morgan fingerprint density at radius 1 is 1.32 bits per heavy atom. The van der Waals surface area contributed by atoms with Crippen LogP contribution in [0.5, 0.6) is 5.75 Å². The number of hydrogen-bond donors (Lipinski definition) is 1. The second-order valence-electron chi connectivity index (χ2n) is 4.92. The molecule has 0 aliphatic rings. The van der Waals surface area contributed by atoms with Gasteiger partial charge in [0, 0.05) is 5.02 Å². The Kier molecular flexibility index (Phi) is 5.48. The smallest absolute Gasteiger partial charge is 0.216 e. The molecule has 2 aromatic heterocycles. The maximum Gasteiger partial charge on any atom is 0.216 e. The Hall–Kier alpha value is -1.80. The summed E-state index contributed by atoms with van der Waals surface area (Å²) in [6, 6.07) is 6.63. The maximum atomic E-state index is 6.08. The minimum atomic E-state index is 0.152. The maximum absolute atomic E-state index is 6.08. The molecule has 2 heterocycles. The van der Waals surface area contributed by atoms with Gasteiger partial charge in [-0.2, -0.15) is 14.9 Å². The van der Waals surface area contributed by atoms with Crippen LogP contribution in [0.4, 0.5) is 0 Å². The van der Waals surface area contributed by atoms with Gasteiger partial charge in [-0.1, -0.05) is 34.8 Å². The molecule has 0 saturated carbocycles. The summed E-state index contributed by atoms with van der Waals surface area (Å²) < 4.78 is 13.1. The van der Waals surface area contributed by atoms with E-state index in [9.17, 15) is 0 Å². The molecule has 25 heavy (non-hydrogen) atoms. The highest BCUT2D eigenvalue weighted by atomic mass is 35.5. The average Bonchev–Trinajstić information content (AvgIpc) is 3.11. The van der Waals surface area contributed by atoms with Gasteiger partial charge >= 0.3 is 0 Å². The van der Waals surface area contributed by atoms with Crippen molar-refractivity contribution in [3.63, 3.8) is 0 Å². The second kappa shape index (κ2) is 7.61. The third kappa shape index (κ3) is 4.24. The van der Waals surface area contributed by atoms with E-state index in [0.717, 1.165) is 0 Å². The summed E-state index contributed by atoms with van der Waals surface area (Å²) >= 11 is 23.1. The molecule has 1 N–H and O–H groups in total. The van der Waals surface area contributed by atoms with Crippen molar-refractivity contribution >= 4 is 53.2 Å². The number of halogens is 3. The highest BCUT2D eigenvalue weighted by molar-refractivity contribution is 7.71. The number of aryl methyl sites for hydroxylation is 1. The van der Waals surface area contributed by atoms with Crippen molar-refractivity contribution in [1.82, 2.24) is 14.9 Å². The van der Waals surface area contributed by atoms with Crippen LogP contribution in [0.2, 0.25) is 15.1 Å². The third-order valence-corrected chi connectivity index (χ3v) is 4.16. The molecule has 0 fully saturated rings. The van der Waals surface area contributed by atoms with Crippen LogP contribution in [0.1, 0.15) is 17.3 Å². The Bertz CT molecular complexity index is 970. The topological polar surface area (TPSA) is 68.3 Å². The van der Waals surface area contributed by atoms with Crippen molar-refractivity contribution in [2.75, 3.05) is 0 Å². The molecule has 0 unspecified atom stereocenters. The van der Waals surface area contributed by atoms with Crippen LogP contribution in [0, 0.1) is 11.7 Å². The average molecular weight is 418 g/mol. The number of aromatic amines is 1. The lowest BCUT2D eigenvalue weighted by molar-refractivity contribution is 0.270. The lowest BCUT2D eigenvalue weighted by Gasteiger charge is -2.08. The Balaban J connectivity index is 1.69. The number of H-pyrrole nitrogens is 1. The Labute approximate surface area is 163 Å². The molecule has 0 aliphatic carbocycles. The summed E-state index contributed by atoms with van der Waals surface area (Å²) in [5.41, 5.74) is 0. The predicted octanol–water partition coefficient (Wildman–Crippen LogP) is 5.26. The fraction of sp³-hybridized carbons (Fsp3) is 0.133. The van der Waals surface area contributed by atoms with Gasteiger partial charge in [-0.05, 0) is 43.4 Å². The molecule has 10 heteroatoms. The van der Waals surface area contributed by atoms with Crippen molar-refractivity contribution in [2.24, 2.45) is 5.10 Å². The van der Waals surface area contributed by atoms with Crippen LogP contribution in [0.3, 0.4) is 0 Å². The predicted molar refractivity (Wildman–Crippen MR) is 99.7 cm³/mol. The number of rotatable bonds is 5. The van der Waals surface area contributed by atoms with E-state index in [1.54, 1.807) is 31.2 Å². The van der Waals surface area contributed by atoms with E-state index in [2.05, 4.69) is 15.3 Å². The highest BCUT2D eigenvalue weighted by Crippen LogP contribution is 2.36. The fourth-order valence-corrected chi connectivity index (χ4v) is 3.12. The molecule has 3 rings (SSSR count). The van der Waals surface area contributed by atoms with Gasteiger partial charge in [0.1, 0.15) is 24.0 Å². The zero-order chi connectivity index (χ0) is 18.0. The fourth-order valence-electron chi connectivity index (χ4n) is 1.97. The van der Waals surface area contributed by atoms with Crippen LogP contribution in [-0.4, -0.2) is 21.1 Å². The number of aromatic nitrogens is 3. The summed E-state index contributed by atoms with van der Waals surface area (Å²) in [4.78, 5) is 0. The number of hydrogen-bond acceptors (Lipinski definition) is 5. The summed E-state index contributed by atoms with van der Waals surface area (Å²) in [5, 5.41) is 11.9. The van der Waals surface area contributed by atoms with Crippen molar-refractivity contribution in [2.45, 2.75) is 13.5 Å². The van der Waals surface area contributed by atoms with Gasteiger partial charge in [0.2, 0.25) is 4.77 Å². The number of furan rings is 1. The zero-order valence-electron chi connectivity index (χ0n) is 12.8. The molecule has 3 aromatic rings. The van der Waals surface area contributed by atoms with Crippen LogP contribution >= 0.6 is 47.0 Å². The molecule has 0 radical (unpaired) electrons. The van der Waals surface area contributed by atoms with E-state index in [1.807, 2.05) is 0 Å². The molecule has 0 bridgehead atoms. The summed E-state index contributed by atoms with van der Waals surface area (Å²) in [5.74, 6) is 2.11. The van der Waals surface area contributed by atoms with E-state index in [-0.39, 0.29) is 6.61 Å². The quantitative estimate of drug-likeness (QED) is 0.454. The summed E-state index contributed by atoms with van der Waals surface area (Å²) in [6.45, 7) is 1.93. The monoisotopic (exact) mass is 416 g/mol. The van der Waals surface area contributed by atoms with Gasteiger partial charge in [-0.25, -0.2) is 0 Å². The number of benzene rings is 1. The molecule has 0 spiro atoms. The van der Waals surface area contributed by atoms with Gasteiger partial charge in [0.25, 0.3) is 0 Å². The highest BCUT2D eigenvalue weighted by Gasteiger charge is 2.10. The lowest BCUT2D eigenvalue weighted by Crippen LogP contribution is -1.95. The van der Waals surface area contributed by atoms with Gasteiger partial charge < -0.3 is 9.15 Å². The minimum absolute atomic E-state index is 0.152. The minimum Gasteiger partial charge on any atom is -0.483 e. The van der Waals surface area contributed by atoms with E-state index in [4.69, 9.17) is 56.2 Å². The van der Waals surface area contributed by atoms with Crippen molar-refractivity contribution < 1.29 is 9.15 Å². The molecule has 1 aromatic carbocycles. The second-order valence-corrected chi connectivity index (χ2v) is 6.56. The molecule has 0 saturated heterocycles. The molecular formula is C15H11Cl3N4O2S. The molecule has 130 valence electrons. The van der Waals surface area contributed by atoms with Crippen LogP contribution in [-0.2, 0) is 6.61 Å². The SMILES string of the molecule is Cc1n[nH]c(=S)n1N=Cc1ccc(COc2c(Cl)cc(Cl)cc2Cl)o1. The van der Waals surface area contributed by atoms with Gasteiger partial charge in [0.15, 0.2) is 5.75 Å². The molecule has 0 amide bonds. The van der Waals surface area contributed by atoms with E-state index in [1.165, 1.54) is 10.9 Å². The standard InChI is InChI=1S/C15H11Cl3N4O2S/c1-8-20-21-15(25)22(8)19-6-10-2-3-11(24-10)7-23-14-12(17)4-9(16)5-13(14)18/h2-6H,7H2,1H3,(H,21,25). The van der Waals surface area contributed by atoms with Crippen LogP contribution < -0.4 is 4.74 Å². The van der Waals surface area contributed by atoms with Crippen LogP contribution in [0.15, 0.2) is 33.8 Å². The first kappa shape index (κ1) is 18.0. The first-order valence-corrected chi connectivity index (χ1v) is 8.52. The first-order chi connectivity index (χ1) is 11.9. The number of ether oxygens (including phenoxy) is 1. The molecule has 0 aliphatic heterocycles. The molecule has 6 nitrogen and oxygen atoms in total. The van der Waals surface area contributed by atoms with Gasteiger partial charge in [-0.3, -0.25) is 5.10 Å². The molecule has 0 atom stereocenters. The lowest BCUT2D eigenvalue weighted by atomic mass is 10.3. The first-order valence-electron chi connectivity index (χ1n) is 6.98. The zero-order valence-corrected chi connectivity index (χ0v) is 15.9. The van der Waals surface area contributed by atoms with Crippen molar-refractivity contribution in [1.29, 1.82) is 0 Å².